The van der Waals surface area contributed by atoms with Gasteiger partial charge in [0.1, 0.15) is 5.75 Å². The fourth-order valence-corrected chi connectivity index (χ4v) is 5.08. The van der Waals surface area contributed by atoms with E-state index in [2.05, 4.69) is 10.6 Å². The zero-order chi connectivity index (χ0) is 21.3. The van der Waals surface area contributed by atoms with E-state index in [0.717, 1.165) is 0 Å². The maximum absolute atomic E-state index is 12.5. The van der Waals surface area contributed by atoms with Crippen LogP contribution in [-0.4, -0.2) is 44.9 Å². The lowest BCUT2D eigenvalue weighted by Gasteiger charge is -2.21. The van der Waals surface area contributed by atoms with Crippen LogP contribution in [0.3, 0.4) is 0 Å². The number of sulfone groups is 1. The molecule has 0 bridgehead atoms. The first-order valence-corrected chi connectivity index (χ1v) is 11.2. The lowest BCUT2D eigenvalue weighted by molar-refractivity contribution is -0.115. The first-order valence-electron chi connectivity index (χ1n) is 9.34. The standard InChI is InChI=1S/C21H20N2O6S/c1-28-17-5-3-2-4-13(17)11-19-21(25)23-16-10-14(6-7-18(16)29-19)20(24)22-15-8-9-30(26,27)12-15/h2-7,10-11,15H,8-9,12H2,1H3,(H,22,24)(H,23,25)/b19-11-/t15-/m1/s1. The van der Waals surface area contributed by atoms with Gasteiger partial charge in [-0.1, -0.05) is 18.2 Å². The Balaban J connectivity index is 1.52. The van der Waals surface area contributed by atoms with Crippen LogP contribution in [0.15, 0.2) is 48.2 Å². The van der Waals surface area contributed by atoms with E-state index in [-0.39, 0.29) is 17.3 Å². The summed E-state index contributed by atoms with van der Waals surface area (Å²) in [5.41, 5.74) is 1.36. The molecule has 8 nitrogen and oxygen atoms in total. The summed E-state index contributed by atoms with van der Waals surface area (Å²) < 4.78 is 34.1. The van der Waals surface area contributed by atoms with Crippen molar-refractivity contribution in [1.29, 1.82) is 0 Å². The first-order chi connectivity index (χ1) is 14.3. The van der Waals surface area contributed by atoms with Gasteiger partial charge in [0.15, 0.2) is 21.3 Å². The second-order valence-corrected chi connectivity index (χ2v) is 9.32. The predicted octanol–water partition coefficient (Wildman–Crippen LogP) is 1.98. The molecule has 0 unspecified atom stereocenters. The van der Waals surface area contributed by atoms with Crippen molar-refractivity contribution in [2.24, 2.45) is 0 Å². The van der Waals surface area contributed by atoms with Crippen LogP contribution in [0.1, 0.15) is 22.3 Å². The second kappa shape index (κ2) is 7.83. The molecule has 2 aliphatic rings. The highest BCUT2D eigenvalue weighted by molar-refractivity contribution is 7.91. The number of para-hydroxylation sites is 1. The number of amides is 2. The van der Waals surface area contributed by atoms with E-state index in [1.54, 1.807) is 37.5 Å². The van der Waals surface area contributed by atoms with Gasteiger partial charge >= 0.3 is 0 Å². The van der Waals surface area contributed by atoms with Crippen LogP contribution in [0.4, 0.5) is 5.69 Å². The number of hydrogen-bond acceptors (Lipinski definition) is 6. The number of carbonyl (C=O) groups excluding carboxylic acids is 2. The average molecular weight is 428 g/mol. The smallest absolute Gasteiger partial charge is 0.291 e. The highest BCUT2D eigenvalue weighted by Gasteiger charge is 2.30. The van der Waals surface area contributed by atoms with E-state index < -0.39 is 27.7 Å². The van der Waals surface area contributed by atoms with Crippen molar-refractivity contribution in [1.82, 2.24) is 5.32 Å². The zero-order valence-corrected chi connectivity index (χ0v) is 17.0. The van der Waals surface area contributed by atoms with Crippen LogP contribution in [0.5, 0.6) is 11.5 Å². The molecule has 156 valence electrons. The summed E-state index contributed by atoms with van der Waals surface area (Å²) in [6, 6.07) is 11.5. The Bertz CT molecular complexity index is 1160. The van der Waals surface area contributed by atoms with Gasteiger partial charge in [0.05, 0.1) is 24.3 Å². The lowest BCUT2D eigenvalue weighted by Crippen LogP contribution is -2.35. The number of anilines is 1. The molecule has 2 aromatic rings. The number of fused-ring (bicyclic) bond motifs is 1. The Kier molecular flexibility index (Phi) is 5.21. The van der Waals surface area contributed by atoms with Crippen LogP contribution >= 0.6 is 0 Å². The van der Waals surface area contributed by atoms with E-state index in [4.69, 9.17) is 9.47 Å². The molecule has 2 aromatic carbocycles. The third kappa shape index (κ3) is 4.16. The van der Waals surface area contributed by atoms with Gasteiger partial charge in [-0.25, -0.2) is 8.42 Å². The van der Waals surface area contributed by atoms with E-state index in [0.29, 0.717) is 34.7 Å². The van der Waals surface area contributed by atoms with Crippen LogP contribution in [0.25, 0.3) is 6.08 Å². The van der Waals surface area contributed by atoms with Crippen molar-refractivity contribution in [2.75, 3.05) is 23.9 Å². The molecule has 4 rings (SSSR count). The van der Waals surface area contributed by atoms with Crippen LogP contribution in [0, 0.1) is 0 Å². The first kappa shape index (κ1) is 20.0. The fourth-order valence-electron chi connectivity index (χ4n) is 3.41. The van der Waals surface area contributed by atoms with Crippen molar-refractivity contribution < 1.29 is 27.5 Å². The summed E-state index contributed by atoms with van der Waals surface area (Å²) in [5.74, 6) is 0.273. The van der Waals surface area contributed by atoms with Gasteiger partial charge in [0.25, 0.3) is 11.8 Å². The maximum atomic E-state index is 12.5. The number of benzene rings is 2. The van der Waals surface area contributed by atoms with Crippen LogP contribution in [0.2, 0.25) is 0 Å². The van der Waals surface area contributed by atoms with E-state index in [1.165, 1.54) is 6.07 Å². The van der Waals surface area contributed by atoms with Crippen molar-refractivity contribution in [2.45, 2.75) is 12.5 Å². The number of nitrogens with one attached hydrogen (secondary N) is 2. The molecule has 0 aliphatic carbocycles. The summed E-state index contributed by atoms with van der Waals surface area (Å²) >= 11 is 0. The summed E-state index contributed by atoms with van der Waals surface area (Å²) in [4.78, 5) is 25.0. The Morgan fingerprint density at radius 2 is 2.07 bits per heavy atom. The van der Waals surface area contributed by atoms with Crippen molar-refractivity contribution >= 4 is 33.4 Å². The number of carbonyl (C=O) groups is 2. The van der Waals surface area contributed by atoms with Gasteiger partial charge in [-0.3, -0.25) is 9.59 Å². The highest BCUT2D eigenvalue weighted by Crippen LogP contribution is 2.33. The zero-order valence-electron chi connectivity index (χ0n) is 16.2. The number of methoxy groups -OCH3 is 1. The molecule has 1 saturated heterocycles. The fraction of sp³-hybridized carbons (Fsp3) is 0.238. The van der Waals surface area contributed by atoms with Gasteiger partial charge in [-0.2, -0.15) is 0 Å². The summed E-state index contributed by atoms with van der Waals surface area (Å²) in [6.07, 6.45) is 1.98. The number of hydrogen-bond donors (Lipinski definition) is 2. The molecule has 0 spiro atoms. The topological polar surface area (TPSA) is 111 Å². The monoisotopic (exact) mass is 428 g/mol. The van der Waals surface area contributed by atoms with Crippen LogP contribution < -0.4 is 20.1 Å². The molecule has 1 fully saturated rings. The molecule has 2 aliphatic heterocycles. The predicted molar refractivity (Wildman–Crippen MR) is 111 cm³/mol. The Hall–Kier alpha value is -3.33. The van der Waals surface area contributed by atoms with Gasteiger partial charge in [-0.05, 0) is 36.8 Å². The van der Waals surface area contributed by atoms with E-state index >= 15 is 0 Å². The molecule has 0 radical (unpaired) electrons. The van der Waals surface area contributed by atoms with E-state index in [9.17, 15) is 18.0 Å². The molecule has 30 heavy (non-hydrogen) atoms. The minimum absolute atomic E-state index is 0.0549. The minimum atomic E-state index is -3.09. The number of rotatable bonds is 4. The maximum Gasteiger partial charge on any atom is 0.291 e. The average Bonchev–Trinajstić information content (AvgIpc) is 3.06. The molecular formula is C21H20N2O6S. The van der Waals surface area contributed by atoms with Gasteiger partial charge in [0, 0.05) is 17.2 Å². The van der Waals surface area contributed by atoms with Gasteiger partial charge in [0.2, 0.25) is 0 Å². The summed E-state index contributed by atoms with van der Waals surface area (Å²) in [5, 5.41) is 5.45. The van der Waals surface area contributed by atoms with Crippen molar-refractivity contribution in [3.63, 3.8) is 0 Å². The van der Waals surface area contributed by atoms with Crippen LogP contribution in [-0.2, 0) is 14.6 Å². The molecule has 0 aromatic heterocycles. The normalized spacial score (nSPS) is 20.8. The lowest BCUT2D eigenvalue weighted by atomic mass is 10.1. The van der Waals surface area contributed by atoms with Gasteiger partial charge in [-0.15, -0.1) is 0 Å². The molecular weight excluding hydrogens is 408 g/mol. The third-order valence-corrected chi connectivity index (χ3v) is 6.69. The van der Waals surface area contributed by atoms with E-state index in [1.807, 2.05) is 12.1 Å². The molecule has 1 atom stereocenters. The summed E-state index contributed by atoms with van der Waals surface area (Å²) in [6.45, 7) is 0. The van der Waals surface area contributed by atoms with Gasteiger partial charge < -0.3 is 20.1 Å². The molecule has 0 saturated carbocycles. The molecule has 9 heteroatoms. The SMILES string of the molecule is COc1ccccc1/C=C1\Oc2ccc(C(=O)N[C@@H]3CCS(=O)(=O)C3)cc2NC1=O. The molecule has 2 N–H and O–H groups in total. The Morgan fingerprint density at radius 1 is 1.27 bits per heavy atom. The summed E-state index contributed by atoms with van der Waals surface area (Å²) in [7, 11) is -1.55. The third-order valence-electron chi connectivity index (χ3n) is 4.93. The largest absolute Gasteiger partial charge is 0.496 e. The van der Waals surface area contributed by atoms with Crippen molar-refractivity contribution in [3.8, 4) is 11.5 Å². The molecule has 2 heterocycles. The highest BCUT2D eigenvalue weighted by atomic mass is 32.2. The molecule has 2 amide bonds. The minimum Gasteiger partial charge on any atom is -0.496 e. The van der Waals surface area contributed by atoms with Crippen molar-refractivity contribution in [3.05, 3.63) is 59.4 Å². The Morgan fingerprint density at radius 3 is 2.80 bits per heavy atom. The Labute approximate surface area is 173 Å². The second-order valence-electron chi connectivity index (χ2n) is 7.09. The quantitative estimate of drug-likeness (QED) is 0.721. The number of ether oxygens (including phenoxy) is 2.